The predicted octanol–water partition coefficient (Wildman–Crippen LogP) is 2.27. The molecule has 2 aliphatic rings. The van der Waals surface area contributed by atoms with Gasteiger partial charge < -0.3 is 15.0 Å². The summed E-state index contributed by atoms with van der Waals surface area (Å²) in [7, 11) is -3.94. The fourth-order valence-electron chi connectivity index (χ4n) is 4.42. The molecule has 1 aliphatic heterocycles. The Morgan fingerprint density at radius 1 is 1.14 bits per heavy atom. The predicted molar refractivity (Wildman–Crippen MR) is 108 cm³/mol. The van der Waals surface area contributed by atoms with Crippen LogP contribution in [0.5, 0.6) is 0 Å². The Labute approximate surface area is 172 Å². The average molecular weight is 426 g/mol. The zero-order chi connectivity index (χ0) is 21.2. The van der Waals surface area contributed by atoms with Gasteiger partial charge in [0.2, 0.25) is 15.9 Å². The summed E-state index contributed by atoms with van der Waals surface area (Å²) in [5, 5.41) is 3.08. The number of carbonyl (C=O) groups is 2. The van der Waals surface area contributed by atoms with Crippen LogP contribution in [0.4, 0.5) is 0 Å². The number of carbonyl (C=O) groups excluding carboxylic acids is 2. The molecular formula is C20H31N3O5S. The van der Waals surface area contributed by atoms with Crippen LogP contribution in [0.3, 0.4) is 0 Å². The van der Waals surface area contributed by atoms with Crippen molar-refractivity contribution in [1.29, 1.82) is 0 Å². The highest BCUT2D eigenvalue weighted by Crippen LogP contribution is 2.31. The Kier molecular flexibility index (Phi) is 6.68. The molecule has 2 N–H and O–H groups in total. The van der Waals surface area contributed by atoms with Crippen molar-refractivity contribution in [2.45, 2.75) is 70.2 Å². The van der Waals surface area contributed by atoms with Crippen LogP contribution in [0, 0.1) is 19.8 Å². The molecule has 1 atom stereocenters. The summed E-state index contributed by atoms with van der Waals surface area (Å²) in [6.07, 6.45) is 5.51. The van der Waals surface area contributed by atoms with E-state index in [1.165, 1.54) is 4.31 Å². The van der Waals surface area contributed by atoms with Gasteiger partial charge in [-0.3, -0.25) is 4.79 Å². The fourth-order valence-corrected chi connectivity index (χ4v) is 6.36. The highest BCUT2D eigenvalue weighted by molar-refractivity contribution is 7.89. The first-order valence-electron chi connectivity index (χ1n) is 10.4. The molecule has 3 rings (SSSR count). The maximum Gasteiger partial charge on any atom is 0.341 e. The first-order chi connectivity index (χ1) is 13.8. The van der Waals surface area contributed by atoms with Crippen LogP contribution in [0.2, 0.25) is 0 Å². The topological polar surface area (TPSA) is 109 Å². The Morgan fingerprint density at radius 2 is 1.83 bits per heavy atom. The molecule has 9 heteroatoms. The van der Waals surface area contributed by atoms with E-state index in [1.54, 1.807) is 20.8 Å². The minimum absolute atomic E-state index is 0.0368. The summed E-state index contributed by atoms with van der Waals surface area (Å²) in [5.41, 5.74) is 0.928. The fraction of sp³-hybridized carbons (Fsp3) is 0.700. The number of rotatable bonds is 6. The molecule has 0 bridgehead atoms. The number of nitrogens with one attached hydrogen (secondary N) is 2. The van der Waals surface area contributed by atoms with Crippen molar-refractivity contribution < 1.29 is 22.7 Å². The van der Waals surface area contributed by atoms with E-state index in [-0.39, 0.29) is 41.5 Å². The van der Waals surface area contributed by atoms with Crippen LogP contribution in [0.1, 0.15) is 67.2 Å². The number of esters is 1. The quantitative estimate of drug-likeness (QED) is 0.680. The van der Waals surface area contributed by atoms with Gasteiger partial charge in [0.15, 0.2) is 0 Å². The SMILES string of the molecule is CCOC(=O)c1c(C)[nH]c(C)c1S(=O)(=O)N1CCC[C@@H](C(=O)NC2CCCC2)C1. The Bertz CT molecular complexity index is 871. The molecule has 1 saturated carbocycles. The highest BCUT2D eigenvalue weighted by atomic mass is 32.2. The second kappa shape index (κ2) is 8.87. The molecule has 29 heavy (non-hydrogen) atoms. The standard InChI is InChI=1S/C20H31N3O5S/c1-4-28-20(25)17-13(2)21-14(3)18(17)29(26,27)23-11-7-8-15(12-23)19(24)22-16-9-5-6-10-16/h15-16,21H,4-12H2,1-3H3,(H,22,24)/t15-/m1/s1. The maximum absolute atomic E-state index is 13.4. The van der Waals surface area contributed by atoms with Gasteiger partial charge >= 0.3 is 5.97 Å². The van der Waals surface area contributed by atoms with Gasteiger partial charge in [0, 0.05) is 30.5 Å². The van der Waals surface area contributed by atoms with Crippen LogP contribution < -0.4 is 5.32 Å². The second-order valence-corrected chi connectivity index (χ2v) is 9.87. The highest BCUT2D eigenvalue weighted by Gasteiger charge is 2.38. The summed E-state index contributed by atoms with van der Waals surface area (Å²) < 4.78 is 33.3. The van der Waals surface area contributed by atoms with E-state index in [4.69, 9.17) is 4.74 Å². The number of nitrogens with zero attached hydrogens (tertiary/aromatic N) is 1. The maximum atomic E-state index is 13.4. The van der Waals surface area contributed by atoms with Gasteiger partial charge in [0.05, 0.1) is 12.5 Å². The summed E-state index contributed by atoms with van der Waals surface area (Å²) >= 11 is 0. The third-order valence-corrected chi connectivity index (χ3v) is 7.89. The molecule has 1 aromatic heterocycles. The van der Waals surface area contributed by atoms with E-state index in [0.717, 1.165) is 25.7 Å². The molecule has 0 spiro atoms. The molecule has 8 nitrogen and oxygen atoms in total. The molecule has 0 radical (unpaired) electrons. The van der Waals surface area contributed by atoms with Crippen molar-refractivity contribution in [3.63, 3.8) is 0 Å². The van der Waals surface area contributed by atoms with Gasteiger partial charge in [0.1, 0.15) is 10.5 Å². The Morgan fingerprint density at radius 3 is 2.48 bits per heavy atom. The Balaban J connectivity index is 1.82. The first kappa shape index (κ1) is 21.8. The second-order valence-electron chi connectivity index (χ2n) is 7.99. The molecule has 2 fully saturated rings. The lowest BCUT2D eigenvalue weighted by atomic mass is 9.98. The van der Waals surface area contributed by atoms with Crippen LogP contribution in [-0.4, -0.2) is 55.3 Å². The third-order valence-electron chi connectivity index (χ3n) is 5.85. The van der Waals surface area contributed by atoms with Gasteiger partial charge in [0.25, 0.3) is 0 Å². The number of sulfonamides is 1. The van der Waals surface area contributed by atoms with E-state index in [1.807, 2.05) is 0 Å². The lowest BCUT2D eigenvalue weighted by molar-refractivity contribution is -0.126. The van der Waals surface area contributed by atoms with Crippen molar-refractivity contribution in [1.82, 2.24) is 14.6 Å². The van der Waals surface area contributed by atoms with Crippen molar-refractivity contribution in [2.24, 2.45) is 5.92 Å². The average Bonchev–Trinajstić information content (AvgIpc) is 3.29. The van der Waals surface area contributed by atoms with E-state index in [2.05, 4.69) is 10.3 Å². The van der Waals surface area contributed by atoms with Crippen molar-refractivity contribution >= 4 is 21.9 Å². The van der Waals surface area contributed by atoms with Crippen LogP contribution >= 0.6 is 0 Å². The number of amides is 1. The molecule has 1 amide bonds. The van der Waals surface area contributed by atoms with Gasteiger partial charge in [-0.15, -0.1) is 0 Å². The number of aryl methyl sites for hydroxylation is 2. The van der Waals surface area contributed by atoms with Gasteiger partial charge in [-0.2, -0.15) is 4.31 Å². The van der Waals surface area contributed by atoms with Gasteiger partial charge in [-0.1, -0.05) is 12.8 Å². The monoisotopic (exact) mass is 425 g/mol. The van der Waals surface area contributed by atoms with Gasteiger partial charge in [-0.05, 0) is 46.5 Å². The Hall–Kier alpha value is -1.87. The largest absolute Gasteiger partial charge is 0.462 e. The van der Waals surface area contributed by atoms with E-state index in [0.29, 0.717) is 30.8 Å². The lowest BCUT2D eigenvalue weighted by Crippen LogP contribution is -2.47. The molecule has 162 valence electrons. The molecule has 1 aliphatic carbocycles. The van der Waals surface area contributed by atoms with Crippen molar-refractivity contribution in [2.75, 3.05) is 19.7 Å². The minimum Gasteiger partial charge on any atom is -0.462 e. The molecule has 1 aromatic rings. The van der Waals surface area contributed by atoms with E-state index >= 15 is 0 Å². The van der Waals surface area contributed by atoms with E-state index in [9.17, 15) is 18.0 Å². The van der Waals surface area contributed by atoms with Gasteiger partial charge in [-0.25, -0.2) is 13.2 Å². The minimum atomic E-state index is -3.94. The molecule has 1 saturated heterocycles. The number of aromatic amines is 1. The van der Waals surface area contributed by atoms with Crippen molar-refractivity contribution in [3.05, 3.63) is 17.0 Å². The smallest absolute Gasteiger partial charge is 0.341 e. The normalized spacial score (nSPS) is 21.3. The summed E-state index contributed by atoms with van der Waals surface area (Å²) in [4.78, 5) is 28.0. The number of hydrogen-bond donors (Lipinski definition) is 2. The number of H-pyrrole nitrogens is 1. The molecule has 0 aromatic carbocycles. The number of ether oxygens (including phenoxy) is 1. The third kappa shape index (κ3) is 4.50. The number of piperidine rings is 1. The number of hydrogen-bond acceptors (Lipinski definition) is 5. The van der Waals surface area contributed by atoms with Crippen LogP contribution in [0.15, 0.2) is 4.90 Å². The van der Waals surface area contributed by atoms with Crippen LogP contribution in [0.25, 0.3) is 0 Å². The van der Waals surface area contributed by atoms with Crippen LogP contribution in [-0.2, 0) is 19.6 Å². The number of aromatic nitrogens is 1. The zero-order valence-electron chi connectivity index (χ0n) is 17.4. The lowest BCUT2D eigenvalue weighted by Gasteiger charge is -2.32. The first-order valence-corrected chi connectivity index (χ1v) is 11.9. The zero-order valence-corrected chi connectivity index (χ0v) is 18.2. The summed E-state index contributed by atoms with van der Waals surface area (Å²) in [6.45, 7) is 5.60. The molecule has 0 unspecified atom stereocenters. The summed E-state index contributed by atoms with van der Waals surface area (Å²) in [6, 6.07) is 0.208. The van der Waals surface area contributed by atoms with Crippen molar-refractivity contribution in [3.8, 4) is 0 Å². The molecular weight excluding hydrogens is 394 g/mol. The molecule has 2 heterocycles. The van der Waals surface area contributed by atoms with E-state index < -0.39 is 16.0 Å². The summed E-state index contributed by atoms with van der Waals surface area (Å²) in [5.74, 6) is -1.09.